The molecule has 2 aromatic carbocycles. The molecule has 0 bridgehead atoms. The van der Waals surface area contributed by atoms with E-state index in [0.29, 0.717) is 18.2 Å². The third-order valence-electron chi connectivity index (χ3n) is 6.11. The van der Waals surface area contributed by atoms with E-state index in [2.05, 4.69) is 15.9 Å². The minimum Gasteiger partial charge on any atom is -0.489 e. The molecule has 2 fully saturated rings. The summed E-state index contributed by atoms with van der Waals surface area (Å²) < 4.78 is 37.6. The third kappa shape index (κ3) is 7.71. The van der Waals surface area contributed by atoms with Gasteiger partial charge in [0.15, 0.2) is 0 Å². The van der Waals surface area contributed by atoms with Gasteiger partial charge >= 0.3 is 12.1 Å². The monoisotopic (exact) mass is 503 g/mol. The van der Waals surface area contributed by atoms with Gasteiger partial charge in [-0.25, -0.2) is 4.79 Å². The fraction of sp³-hybridized carbons (Fsp3) is 0.423. The van der Waals surface area contributed by atoms with Crippen molar-refractivity contribution in [3.05, 3.63) is 65.2 Å². The zero-order valence-electron chi connectivity index (χ0n) is 19.7. The second-order valence-corrected chi connectivity index (χ2v) is 8.73. The average molecular weight is 504 g/mol. The van der Waals surface area contributed by atoms with Crippen LogP contribution in [0.15, 0.2) is 48.5 Å². The summed E-state index contributed by atoms with van der Waals surface area (Å²) in [5.74, 6) is -1.91. The largest absolute Gasteiger partial charge is 0.490 e. The summed E-state index contributed by atoms with van der Waals surface area (Å²) in [6.07, 6.45) is -0.329. The first kappa shape index (κ1) is 27.0. The van der Waals surface area contributed by atoms with Crippen molar-refractivity contribution >= 4 is 11.9 Å². The quantitative estimate of drug-likeness (QED) is 0.625. The zero-order chi connectivity index (χ0) is 26.1. The van der Waals surface area contributed by atoms with Gasteiger partial charge in [-0.15, -0.1) is 0 Å². The fourth-order valence-electron chi connectivity index (χ4n) is 4.31. The van der Waals surface area contributed by atoms with Crippen molar-refractivity contribution < 1.29 is 32.6 Å². The number of halogens is 3. The lowest BCUT2D eigenvalue weighted by Crippen LogP contribution is -2.42. The predicted molar refractivity (Wildman–Crippen MR) is 125 cm³/mol. The van der Waals surface area contributed by atoms with Crippen LogP contribution < -0.4 is 4.74 Å². The molecule has 10 heteroatoms. The van der Waals surface area contributed by atoms with Crippen molar-refractivity contribution in [1.82, 2.24) is 9.80 Å². The van der Waals surface area contributed by atoms with Crippen molar-refractivity contribution in [3.8, 4) is 11.8 Å². The number of likely N-dealkylation sites (tertiary alicyclic amines) is 2. The molecule has 0 spiro atoms. The maximum atomic E-state index is 13.0. The van der Waals surface area contributed by atoms with Gasteiger partial charge in [0, 0.05) is 24.7 Å². The fourth-order valence-corrected chi connectivity index (χ4v) is 4.31. The first-order chi connectivity index (χ1) is 17.2. The molecule has 0 radical (unpaired) electrons. The van der Waals surface area contributed by atoms with Gasteiger partial charge in [0.05, 0.1) is 11.6 Å². The number of benzene rings is 2. The number of nitrogens with zero attached hydrogens (tertiary/aromatic N) is 3. The molecule has 2 saturated heterocycles. The Morgan fingerprint density at radius 1 is 1.06 bits per heavy atom. The van der Waals surface area contributed by atoms with E-state index in [4.69, 9.17) is 19.9 Å². The van der Waals surface area contributed by atoms with Crippen LogP contribution in [0.25, 0.3) is 0 Å². The molecule has 0 saturated carbocycles. The molecule has 2 aliphatic rings. The van der Waals surface area contributed by atoms with Gasteiger partial charge in [0.25, 0.3) is 5.91 Å². The molecule has 7 nitrogen and oxygen atoms in total. The summed E-state index contributed by atoms with van der Waals surface area (Å²) in [5.41, 5.74) is 2.30. The average Bonchev–Trinajstić information content (AvgIpc) is 3.55. The number of carbonyl (C=O) groups excluding carboxylic acids is 1. The van der Waals surface area contributed by atoms with Crippen LogP contribution in [0.2, 0.25) is 0 Å². The highest BCUT2D eigenvalue weighted by atomic mass is 19.4. The molecule has 36 heavy (non-hydrogen) atoms. The van der Waals surface area contributed by atoms with E-state index in [1.807, 2.05) is 42.5 Å². The summed E-state index contributed by atoms with van der Waals surface area (Å²) in [6.45, 7) is 4.59. The lowest BCUT2D eigenvalue weighted by molar-refractivity contribution is -0.192. The summed E-state index contributed by atoms with van der Waals surface area (Å²) in [6, 6.07) is 17.3. The van der Waals surface area contributed by atoms with Crippen LogP contribution in [0.5, 0.6) is 5.75 Å². The van der Waals surface area contributed by atoms with Crippen molar-refractivity contribution in [2.45, 2.75) is 44.5 Å². The molecule has 4 rings (SSSR count). The van der Waals surface area contributed by atoms with Gasteiger partial charge in [-0.2, -0.15) is 18.4 Å². The lowest BCUT2D eigenvalue weighted by Gasteiger charge is -2.28. The van der Waals surface area contributed by atoms with Crippen molar-refractivity contribution in [2.24, 2.45) is 0 Å². The van der Waals surface area contributed by atoms with E-state index in [1.165, 1.54) is 25.9 Å². The summed E-state index contributed by atoms with van der Waals surface area (Å²) in [4.78, 5) is 26.5. The Bertz CT molecular complexity index is 1080. The van der Waals surface area contributed by atoms with Gasteiger partial charge in [-0.1, -0.05) is 12.1 Å². The van der Waals surface area contributed by atoms with Crippen LogP contribution in [0, 0.1) is 11.3 Å². The molecule has 1 atom stereocenters. The van der Waals surface area contributed by atoms with Crippen LogP contribution in [0.4, 0.5) is 13.2 Å². The number of aliphatic carboxylic acids is 1. The highest BCUT2D eigenvalue weighted by Gasteiger charge is 2.38. The number of carboxylic acids is 1. The van der Waals surface area contributed by atoms with Crippen molar-refractivity contribution in [3.63, 3.8) is 0 Å². The number of carbonyl (C=O) groups is 2. The van der Waals surface area contributed by atoms with Gasteiger partial charge < -0.3 is 19.6 Å². The number of carboxylic acid groups (broad SMARTS) is 1. The maximum Gasteiger partial charge on any atom is 0.490 e. The summed E-state index contributed by atoms with van der Waals surface area (Å²) >= 11 is 0. The van der Waals surface area contributed by atoms with Crippen LogP contribution in [0.3, 0.4) is 0 Å². The molecule has 192 valence electrons. The molecule has 1 amide bonds. The Morgan fingerprint density at radius 2 is 1.72 bits per heavy atom. The van der Waals surface area contributed by atoms with Gasteiger partial charge in [0.2, 0.25) is 0 Å². The van der Waals surface area contributed by atoms with Gasteiger partial charge in [-0.05, 0) is 80.7 Å². The normalized spacial score (nSPS) is 17.7. The molecule has 2 aliphatic heterocycles. The smallest absolute Gasteiger partial charge is 0.489 e. The third-order valence-corrected chi connectivity index (χ3v) is 6.11. The van der Waals surface area contributed by atoms with Gasteiger partial charge in [-0.3, -0.25) is 4.79 Å². The number of rotatable bonds is 6. The minimum absolute atomic E-state index is 0.125. The Hall–Kier alpha value is -3.58. The number of hydrogen-bond donors (Lipinski definition) is 1. The highest BCUT2D eigenvalue weighted by molar-refractivity contribution is 5.94. The molecule has 0 aromatic heterocycles. The first-order valence-electron chi connectivity index (χ1n) is 11.7. The number of ether oxygens (including phenoxy) is 1. The number of hydrogen-bond acceptors (Lipinski definition) is 5. The number of amides is 1. The Balaban J connectivity index is 0.000000454. The van der Waals surface area contributed by atoms with Crippen molar-refractivity contribution in [1.29, 1.82) is 5.26 Å². The Kier molecular flexibility index (Phi) is 9.31. The van der Waals surface area contributed by atoms with Crippen LogP contribution in [0.1, 0.15) is 47.2 Å². The summed E-state index contributed by atoms with van der Waals surface area (Å²) in [5, 5.41) is 16.1. The molecule has 2 heterocycles. The van der Waals surface area contributed by atoms with Crippen molar-refractivity contribution in [2.75, 3.05) is 26.2 Å². The predicted octanol–water partition coefficient (Wildman–Crippen LogP) is 4.47. The molecule has 2 aromatic rings. The van der Waals surface area contributed by atoms with Crippen LogP contribution in [-0.2, 0) is 11.4 Å². The zero-order valence-corrected chi connectivity index (χ0v) is 19.7. The van der Waals surface area contributed by atoms with Gasteiger partial charge in [0.1, 0.15) is 12.4 Å². The lowest BCUT2D eigenvalue weighted by atomic mass is 10.1. The van der Waals surface area contributed by atoms with Crippen LogP contribution >= 0.6 is 0 Å². The SMILES string of the molecule is N#Cc1cccc(COc2ccc(C(=O)N3CCCC3CN3CCCC3)cc2)c1.O=C(O)C(F)(F)F. The second-order valence-electron chi connectivity index (χ2n) is 8.73. The second kappa shape index (κ2) is 12.4. The Labute approximate surface area is 207 Å². The molecule has 0 aliphatic carbocycles. The van der Waals surface area contributed by atoms with E-state index in [-0.39, 0.29) is 5.91 Å². The van der Waals surface area contributed by atoms with E-state index in [0.717, 1.165) is 42.8 Å². The van der Waals surface area contributed by atoms with E-state index in [9.17, 15) is 18.0 Å². The standard InChI is InChI=1S/C24H27N3O2.C2HF3O2/c25-16-19-5-3-6-20(15-19)18-29-23-10-8-21(9-11-23)24(28)27-14-4-7-22(27)17-26-12-1-2-13-26;3-2(4,5)1(6)7/h3,5-6,8-11,15,22H,1-2,4,7,12-14,17-18H2;(H,6,7). The van der Waals surface area contributed by atoms with E-state index >= 15 is 0 Å². The van der Waals surface area contributed by atoms with E-state index < -0.39 is 12.1 Å². The molecular formula is C26H28F3N3O4. The Morgan fingerprint density at radius 3 is 2.33 bits per heavy atom. The topological polar surface area (TPSA) is 93.9 Å². The maximum absolute atomic E-state index is 13.0. The summed E-state index contributed by atoms with van der Waals surface area (Å²) in [7, 11) is 0. The molecule has 1 unspecified atom stereocenters. The highest BCUT2D eigenvalue weighted by Crippen LogP contribution is 2.24. The number of alkyl halides is 3. The first-order valence-corrected chi connectivity index (χ1v) is 11.7. The molecular weight excluding hydrogens is 475 g/mol. The van der Waals surface area contributed by atoms with Crippen LogP contribution in [-0.4, -0.2) is 65.2 Å². The molecule has 1 N–H and O–H groups in total. The number of nitriles is 1. The minimum atomic E-state index is -5.08. The van der Waals surface area contributed by atoms with E-state index in [1.54, 1.807) is 6.07 Å².